The Hall–Kier alpha value is -2.67. The lowest BCUT2D eigenvalue weighted by Crippen LogP contribution is -2.27. The zero-order chi connectivity index (χ0) is 18.0. The summed E-state index contributed by atoms with van der Waals surface area (Å²) < 4.78 is 5.91. The number of thiocarbonyl (C=S) groups is 1. The molecule has 6 nitrogen and oxygen atoms in total. The van der Waals surface area contributed by atoms with Gasteiger partial charge in [-0.2, -0.15) is 5.10 Å². The van der Waals surface area contributed by atoms with Gasteiger partial charge in [0.25, 0.3) is 5.91 Å². The van der Waals surface area contributed by atoms with Crippen LogP contribution in [0.3, 0.4) is 0 Å². The van der Waals surface area contributed by atoms with Crippen LogP contribution >= 0.6 is 12.2 Å². The van der Waals surface area contributed by atoms with Crippen molar-refractivity contribution in [1.82, 2.24) is 5.43 Å². The van der Waals surface area contributed by atoms with E-state index in [1.54, 1.807) is 11.9 Å². The lowest BCUT2D eigenvalue weighted by atomic mass is 9.93. The van der Waals surface area contributed by atoms with E-state index in [0.29, 0.717) is 5.76 Å². The predicted octanol–water partition coefficient (Wildman–Crippen LogP) is 2.74. The highest BCUT2D eigenvalue weighted by atomic mass is 32.1. The molecule has 0 bridgehead atoms. The number of anilines is 1. The third-order valence-corrected chi connectivity index (χ3v) is 4.36. The zero-order valence-electron chi connectivity index (χ0n) is 14.2. The molecular formula is C18H20N4O2S. The average molecular weight is 356 g/mol. The fourth-order valence-electron chi connectivity index (χ4n) is 3.03. The number of carbonyl (C=O) groups is 1. The first-order valence-electron chi connectivity index (χ1n) is 8.06. The molecule has 0 radical (unpaired) electrons. The predicted molar refractivity (Wildman–Crippen MR) is 102 cm³/mol. The van der Waals surface area contributed by atoms with Crippen LogP contribution in [-0.2, 0) is 6.42 Å². The quantitative estimate of drug-likeness (QED) is 0.653. The van der Waals surface area contributed by atoms with Crippen LogP contribution < -0.4 is 16.1 Å². The summed E-state index contributed by atoms with van der Waals surface area (Å²) in [5.41, 5.74) is 11.4. The van der Waals surface area contributed by atoms with E-state index in [1.165, 1.54) is 0 Å². The molecule has 1 amide bonds. The third kappa shape index (κ3) is 3.41. The third-order valence-electron chi connectivity index (χ3n) is 4.27. The minimum Gasteiger partial charge on any atom is -0.455 e. The van der Waals surface area contributed by atoms with Crippen molar-refractivity contribution in [3.05, 3.63) is 53.0 Å². The second kappa shape index (κ2) is 7.06. The molecule has 1 aromatic heterocycles. The lowest BCUT2D eigenvalue weighted by molar-refractivity contribution is 0.0964. The Labute approximate surface area is 151 Å². The molecule has 0 saturated carbocycles. The number of hydrazone groups is 1. The Morgan fingerprint density at radius 1 is 1.32 bits per heavy atom. The summed E-state index contributed by atoms with van der Waals surface area (Å²) in [4.78, 5) is 14.5. The van der Waals surface area contributed by atoms with E-state index in [1.807, 2.05) is 37.3 Å². The van der Waals surface area contributed by atoms with E-state index in [-0.39, 0.29) is 11.0 Å². The van der Waals surface area contributed by atoms with Crippen LogP contribution in [0, 0.1) is 6.92 Å². The van der Waals surface area contributed by atoms with Gasteiger partial charge in [-0.05, 0) is 44.1 Å². The van der Waals surface area contributed by atoms with E-state index in [0.717, 1.165) is 47.5 Å². The molecule has 0 aliphatic heterocycles. The van der Waals surface area contributed by atoms with Crippen molar-refractivity contribution in [2.24, 2.45) is 10.8 Å². The molecule has 130 valence electrons. The van der Waals surface area contributed by atoms with Crippen LogP contribution in [0.5, 0.6) is 0 Å². The maximum absolute atomic E-state index is 12.9. The maximum Gasteiger partial charge on any atom is 0.294 e. The van der Waals surface area contributed by atoms with Crippen molar-refractivity contribution >= 4 is 34.6 Å². The first-order valence-corrected chi connectivity index (χ1v) is 8.47. The number of nitrogens with one attached hydrogen (secondary N) is 1. The summed E-state index contributed by atoms with van der Waals surface area (Å²) in [5, 5.41) is 4.39. The Kier molecular flexibility index (Phi) is 4.85. The fourth-order valence-corrected chi connectivity index (χ4v) is 3.07. The van der Waals surface area contributed by atoms with Crippen molar-refractivity contribution in [1.29, 1.82) is 0 Å². The van der Waals surface area contributed by atoms with Gasteiger partial charge in [0.1, 0.15) is 5.76 Å². The topological polar surface area (TPSA) is 83.9 Å². The van der Waals surface area contributed by atoms with Gasteiger partial charge in [0.2, 0.25) is 0 Å². The number of amides is 1. The van der Waals surface area contributed by atoms with E-state index in [2.05, 4.69) is 10.5 Å². The number of hydrogen-bond donors (Lipinski definition) is 2. The molecule has 1 heterocycles. The Morgan fingerprint density at radius 2 is 2.04 bits per heavy atom. The highest BCUT2D eigenvalue weighted by Crippen LogP contribution is 2.31. The molecule has 1 aromatic carbocycles. The maximum atomic E-state index is 12.9. The van der Waals surface area contributed by atoms with Crippen molar-refractivity contribution in [3.8, 4) is 0 Å². The van der Waals surface area contributed by atoms with Crippen molar-refractivity contribution in [2.45, 2.75) is 26.2 Å². The Balaban J connectivity index is 1.96. The van der Waals surface area contributed by atoms with Crippen molar-refractivity contribution in [3.63, 3.8) is 0 Å². The summed E-state index contributed by atoms with van der Waals surface area (Å²) in [6.45, 7) is 1.88. The van der Waals surface area contributed by atoms with E-state index >= 15 is 0 Å². The summed E-state index contributed by atoms with van der Waals surface area (Å²) >= 11 is 4.81. The summed E-state index contributed by atoms with van der Waals surface area (Å²) in [7, 11) is 1.74. The smallest absolute Gasteiger partial charge is 0.294 e. The molecule has 0 atom stereocenters. The molecule has 7 heteroatoms. The molecule has 25 heavy (non-hydrogen) atoms. The summed E-state index contributed by atoms with van der Waals surface area (Å²) in [6, 6.07) is 9.47. The molecular weight excluding hydrogens is 336 g/mol. The molecule has 0 saturated heterocycles. The minimum absolute atomic E-state index is 0.112. The highest BCUT2D eigenvalue weighted by molar-refractivity contribution is 7.80. The van der Waals surface area contributed by atoms with Crippen LogP contribution in [0.2, 0.25) is 0 Å². The van der Waals surface area contributed by atoms with Crippen LogP contribution in [0.4, 0.5) is 5.69 Å². The molecule has 3 N–H and O–H groups in total. The molecule has 2 aromatic rings. The lowest BCUT2D eigenvalue weighted by Gasteiger charge is -2.16. The molecule has 0 fully saturated rings. The number of rotatable bonds is 3. The second-order valence-corrected chi connectivity index (χ2v) is 6.38. The molecule has 0 spiro atoms. The van der Waals surface area contributed by atoms with Crippen LogP contribution in [0.1, 0.15) is 40.3 Å². The van der Waals surface area contributed by atoms with Gasteiger partial charge in [0.05, 0.1) is 5.71 Å². The number of para-hydroxylation sites is 1. The number of nitrogens with zero attached hydrogens (tertiary/aromatic N) is 2. The normalized spacial score (nSPS) is 14.9. The average Bonchev–Trinajstić information content (AvgIpc) is 2.97. The van der Waals surface area contributed by atoms with Crippen LogP contribution in [0.25, 0.3) is 0 Å². The standard InChI is InChI=1S/C18H20N4O2S/c1-11-15-13(20-21-18(19)25)9-6-10-14(15)24-16(11)17(23)22(2)12-7-4-3-5-8-12/h3-5,7-8H,6,9-10H2,1-2H3,(H3,19,21,25)/b20-13+. The van der Waals surface area contributed by atoms with E-state index in [4.69, 9.17) is 22.4 Å². The van der Waals surface area contributed by atoms with Crippen molar-refractivity contribution < 1.29 is 9.21 Å². The minimum atomic E-state index is -0.181. The van der Waals surface area contributed by atoms with Gasteiger partial charge in [-0.1, -0.05) is 18.2 Å². The largest absolute Gasteiger partial charge is 0.455 e. The van der Waals surface area contributed by atoms with Gasteiger partial charge in [0.15, 0.2) is 10.9 Å². The first kappa shape index (κ1) is 17.2. The van der Waals surface area contributed by atoms with E-state index < -0.39 is 0 Å². The summed E-state index contributed by atoms with van der Waals surface area (Å²) in [6.07, 6.45) is 2.47. The van der Waals surface area contributed by atoms with Gasteiger partial charge in [-0.15, -0.1) is 0 Å². The van der Waals surface area contributed by atoms with Gasteiger partial charge < -0.3 is 15.1 Å². The fraction of sp³-hybridized carbons (Fsp3) is 0.278. The number of aryl methyl sites for hydroxylation is 1. The zero-order valence-corrected chi connectivity index (χ0v) is 15.0. The number of nitrogens with two attached hydrogens (primary N) is 1. The van der Waals surface area contributed by atoms with Crippen molar-refractivity contribution in [2.75, 3.05) is 11.9 Å². The molecule has 3 rings (SSSR count). The number of fused-ring (bicyclic) bond motifs is 1. The highest BCUT2D eigenvalue weighted by Gasteiger charge is 2.29. The SMILES string of the molecule is Cc1c(C(=O)N(C)c2ccccc2)oc2c1/C(=N/NC(N)=S)CCC2. The van der Waals surface area contributed by atoms with E-state index in [9.17, 15) is 4.79 Å². The van der Waals surface area contributed by atoms with Gasteiger partial charge >= 0.3 is 0 Å². The number of benzene rings is 1. The first-order chi connectivity index (χ1) is 12.0. The molecule has 1 aliphatic rings. The Bertz CT molecular complexity index is 842. The second-order valence-electron chi connectivity index (χ2n) is 5.94. The summed E-state index contributed by atoms with van der Waals surface area (Å²) in [5.74, 6) is 0.957. The van der Waals surface area contributed by atoms with Crippen LogP contribution in [0.15, 0.2) is 39.9 Å². The van der Waals surface area contributed by atoms with Crippen LogP contribution in [-0.4, -0.2) is 23.8 Å². The number of furan rings is 1. The van der Waals surface area contributed by atoms with Gasteiger partial charge in [0, 0.05) is 30.3 Å². The molecule has 0 unspecified atom stereocenters. The monoisotopic (exact) mass is 356 g/mol. The Morgan fingerprint density at radius 3 is 2.72 bits per heavy atom. The van der Waals surface area contributed by atoms with Gasteiger partial charge in [-0.25, -0.2) is 0 Å². The molecule has 1 aliphatic carbocycles. The number of hydrogen-bond acceptors (Lipinski definition) is 4. The van der Waals surface area contributed by atoms with Gasteiger partial charge in [-0.3, -0.25) is 10.2 Å². The number of carbonyl (C=O) groups excluding carboxylic acids is 1.